The Labute approximate surface area is 148 Å². The number of rotatable bonds is 6. The zero-order chi connectivity index (χ0) is 19.5. The minimum atomic E-state index is -4.39. The first-order valence-corrected chi connectivity index (χ1v) is 7.68. The quantitative estimate of drug-likeness (QED) is 0.578. The summed E-state index contributed by atoms with van der Waals surface area (Å²) in [5, 5.41) is 4.06. The minimum Gasteiger partial charge on any atom is -0.465 e. The van der Waals surface area contributed by atoms with Crippen LogP contribution in [0.4, 0.5) is 18.9 Å². The van der Waals surface area contributed by atoms with Gasteiger partial charge in [-0.3, -0.25) is 9.48 Å². The van der Waals surface area contributed by atoms with Crippen LogP contribution in [0.1, 0.15) is 39.4 Å². The van der Waals surface area contributed by atoms with Crippen LogP contribution in [0.2, 0.25) is 0 Å². The van der Waals surface area contributed by atoms with Crippen LogP contribution in [0.25, 0.3) is 0 Å². The van der Waals surface area contributed by atoms with Crippen LogP contribution in [0.5, 0.6) is 0 Å². The highest BCUT2D eigenvalue weighted by molar-refractivity contribution is 5.97. The third-order valence-corrected chi connectivity index (χ3v) is 3.94. The van der Waals surface area contributed by atoms with Gasteiger partial charge in [-0.05, 0) is 31.2 Å². The molecule has 1 aromatic heterocycles. The summed E-state index contributed by atoms with van der Waals surface area (Å²) >= 11 is 0. The molecule has 0 N–H and O–H groups in total. The molecule has 1 unspecified atom stereocenters. The van der Waals surface area contributed by atoms with Crippen LogP contribution in [0.15, 0.2) is 30.5 Å². The zero-order valence-corrected chi connectivity index (χ0v) is 14.4. The molecule has 1 heterocycles. The normalized spacial score (nSPS) is 12.5. The number of methoxy groups -OCH3 is 1. The molecule has 0 fully saturated rings. The number of carbonyl (C=O) groups excluding carboxylic acids is 2. The van der Waals surface area contributed by atoms with E-state index in [0.717, 1.165) is 12.1 Å². The second kappa shape index (κ2) is 7.59. The van der Waals surface area contributed by atoms with Gasteiger partial charge in [-0.25, -0.2) is 4.79 Å². The fourth-order valence-corrected chi connectivity index (χ4v) is 2.59. The molecule has 1 aromatic carbocycles. The van der Waals surface area contributed by atoms with Crippen molar-refractivity contribution in [1.29, 1.82) is 0 Å². The van der Waals surface area contributed by atoms with Crippen LogP contribution < -0.4 is 4.90 Å². The lowest BCUT2D eigenvalue weighted by Crippen LogP contribution is -2.27. The number of carbonyl (C=O) groups is 2. The largest absolute Gasteiger partial charge is 0.465 e. The molecule has 0 saturated heterocycles. The van der Waals surface area contributed by atoms with Crippen LogP contribution in [-0.4, -0.2) is 42.7 Å². The summed E-state index contributed by atoms with van der Waals surface area (Å²) in [5.74, 6) is -0.665. The number of anilines is 1. The summed E-state index contributed by atoms with van der Waals surface area (Å²) < 4.78 is 43.9. The number of ether oxygens (including phenoxy) is 1. The minimum absolute atomic E-state index is 0.0616. The zero-order valence-electron chi connectivity index (χ0n) is 14.4. The van der Waals surface area contributed by atoms with Crippen molar-refractivity contribution in [2.45, 2.75) is 19.1 Å². The molecule has 1 atom stereocenters. The van der Waals surface area contributed by atoms with E-state index < -0.39 is 17.7 Å². The summed E-state index contributed by atoms with van der Waals surface area (Å²) in [6, 6.07) is 4.45. The monoisotopic (exact) mass is 369 g/mol. The third kappa shape index (κ3) is 4.04. The lowest BCUT2D eigenvalue weighted by Gasteiger charge is -2.24. The van der Waals surface area contributed by atoms with Crippen molar-refractivity contribution in [3.05, 3.63) is 47.3 Å². The van der Waals surface area contributed by atoms with E-state index in [1.807, 2.05) is 0 Å². The summed E-state index contributed by atoms with van der Waals surface area (Å²) in [5.41, 5.74) is 0.00953. The second-order valence-electron chi connectivity index (χ2n) is 5.77. The maximum atomic E-state index is 12.6. The van der Waals surface area contributed by atoms with Gasteiger partial charge in [0.2, 0.25) is 0 Å². The molecule has 0 aliphatic carbocycles. The topological polar surface area (TPSA) is 64.4 Å². The fraction of sp³-hybridized carbons (Fsp3) is 0.353. The molecular weight excluding hydrogens is 351 g/mol. The molecule has 26 heavy (non-hydrogen) atoms. The summed E-state index contributed by atoms with van der Waals surface area (Å²) in [7, 11) is 2.92. The smallest absolute Gasteiger partial charge is 0.416 e. The molecule has 2 aromatic rings. The Kier molecular flexibility index (Phi) is 5.69. The predicted molar refractivity (Wildman–Crippen MR) is 88.4 cm³/mol. The third-order valence-electron chi connectivity index (χ3n) is 3.94. The Morgan fingerprint density at radius 3 is 2.46 bits per heavy atom. The lowest BCUT2D eigenvalue weighted by atomic mass is 10.2. The molecule has 0 bridgehead atoms. The number of likely N-dealkylation sites (N-methyl/N-ethyl adjacent to an activating group) is 1. The maximum absolute atomic E-state index is 12.6. The van der Waals surface area contributed by atoms with E-state index in [2.05, 4.69) is 9.84 Å². The van der Waals surface area contributed by atoms with Gasteiger partial charge < -0.3 is 9.64 Å². The number of hydrogen-bond acceptors (Lipinski definition) is 5. The molecule has 0 saturated carbocycles. The van der Waals surface area contributed by atoms with Crippen molar-refractivity contribution >= 4 is 17.9 Å². The number of alkyl halides is 3. The molecule has 6 nitrogen and oxygen atoms in total. The molecule has 0 aliphatic heterocycles. The molecule has 0 spiro atoms. The number of nitrogens with zero attached hydrogens (tertiary/aromatic N) is 3. The van der Waals surface area contributed by atoms with Crippen LogP contribution in [-0.2, 0) is 10.9 Å². The predicted octanol–water partition coefficient (Wildman–Crippen LogP) is 3.20. The Hall–Kier alpha value is -2.84. The fourth-order valence-electron chi connectivity index (χ4n) is 2.59. The summed E-state index contributed by atoms with van der Waals surface area (Å²) in [4.78, 5) is 24.7. The average molecular weight is 369 g/mol. The van der Waals surface area contributed by atoms with E-state index in [4.69, 9.17) is 0 Å². The Morgan fingerprint density at radius 1 is 1.35 bits per heavy atom. The molecule has 0 aliphatic rings. The standard InChI is InChI=1S/C17H18F3N3O3/c1-11(23-15(10-24)14(8-21-23)16(25)26-3)9-22(2)13-6-4-12(5-7-13)17(18,19)20/h4-8,10-11H,9H2,1-3H3. The van der Waals surface area contributed by atoms with Crippen molar-refractivity contribution in [2.24, 2.45) is 0 Å². The first kappa shape index (κ1) is 19.5. The molecular formula is C17H18F3N3O3. The van der Waals surface area contributed by atoms with Gasteiger partial charge in [-0.15, -0.1) is 0 Å². The number of aromatic nitrogens is 2. The number of hydrogen-bond donors (Lipinski definition) is 0. The van der Waals surface area contributed by atoms with Crippen molar-refractivity contribution in [3.63, 3.8) is 0 Å². The number of halogens is 3. The van der Waals surface area contributed by atoms with Crippen molar-refractivity contribution in [1.82, 2.24) is 9.78 Å². The number of esters is 1. The highest BCUT2D eigenvalue weighted by Gasteiger charge is 2.30. The van der Waals surface area contributed by atoms with Crippen molar-refractivity contribution in [3.8, 4) is 0 Å². The van der Waals surface area contributed by atoms with Crippen molar-refractivity contribution in [2.75, 3.05) is 25.6 Å². The SMILES string of the molecule is COC(=O)c1cnn(C(C)CN(C)c2ccc(C(F)(F)F)cc2)c1C=O. The van der Waals surface area contributed by atoms with E-state index in [-0.39, 0.29) is 17.3 Å². The summed E-state index contributed by atoms with van der Waals surface area (Å²) in [6.07, 6.45) is -2.61. The maximum Gasteiger partial charge on any atom is 0.416 e. The molecule has 2 rings (SSSR count). The molecule has 9 heteroatoms. The van der Waals surface area contributed by atoms with Gasteiger partial charge in [0.1, 0.15) is 11.3 Å². The highest BCUT2D eigenvalue weighted by atomic mass is 19.4. The van der Waals surface area contributed by atoms with Crippen LogP contribution >= 0.6 is 0 Å². The first-order valence-electron chi connectivity index (χ1n) is 7.68. The Bertz CT molecular complexity index is 785. The van der Waals surface area contributed by atoms with Gasteiger partial charge >= 0.3 is 12.1 Å². The average Bonchev–Trinajstić information content (AvgIpc) is 3.04. The van der Waals surface area contributed by atoms with Gasteiger partial charge in [0.05, 0.1) is 24.9 Å². The number of benzene rings is 1. The van der Waals surface area contributed by atoms with E-state index >= 15 is 0 Å². The molecule has 0 radical (unpaired) electrons. The van der Waals surface area contributed by atoms with Gasteiger partial charge in [-0.2, -0.15) is 18.3 Å². The lowest BCUT2D eigenvalue weighted by molar-refractivity contribution is -0.137. The van der Waals surface area contributed by atoms with E-state index in [0.29, 0.717) is 18.5 Å². The van der Waals surface area contributed by atoms with Crippen LogP contribution in [0, 0.1) is 0 Å². The summed E-state index contributed by atoms with van der Waals surface area (Å²) in [6.45, 7) is 2.14. The van der Waals surface area contributed by atoms with Gasteiger partial charge in [0.15, 0.2) is 6.29 Å². The van der Waals surface area contributed by atoms with Crippen LogP contribution in [0.3, 0.4) is 0 Å². The highest BCUT2D eigenvalue weighted by Crippen LogP contribution is 2.30. The van der Waals surface area contributed by atoms with Gasteiger partial charge in [0.25, 0.3) is 0 Å². The van der Waals surface area contributed by atoms with E-state index in [9.17, 15) is 22.8 Å². The van der Waals surface area contributed by atoms with Crippen molar-refractivity contribution < 1.29 is 27.5 Å². The second-order valence-corrected chi connectivity index (χ2v) is 5.77. The molecule has 0 amide bonds. The molecule has 140 valence electrons. The van der Waals surface area contributed by atoms with E-state index in [1.54, 1.807) is 18.9 Å². The Morgan fingerprint density at radius 2 is 1.96 bits per heavy atom. The van der Waals surface area contributed by atoms with Gasteiger partial charge in [-0.1, -0.05) is 0 Å². The number of aldehydes is 1. The first-order chi connectivity index (χ1) is 12.2. The van der Waals surface area contributed by atoms with E-state index in [1.165, 1.54) is 30.1 Å². The Balaban J connectivity index is 2.17. The van der Waals surface area contributed by atoms with Gasteiger partial charge in [0, 0.05) is 19.3 Å².